The van der Waals surface area contributed by atoms with Gasteiger partial charge in [0.25, 0.3) is 5.91 Å². The second-order valence-electron chi connectivity index (χ2n) is 6.60. The van der Waals surface area contributed by atoms with Crippen molar-refractivity contribution in [1.82, 2.24) is 15.4 Å². The Hall–Kier alpha value is -1.40. The number of carbonyl (C=O) groups is 1. The van der Waals surface area contributed by atoms with E-state index in [4.69, 9.17) is 4.52 Å². The normalized spacial score (nSPS) is 29.8. The molecule has 1 amide bonds. The van der Waals surface area contributed by atoms with Crippen LogP contribution in [0.4, 0.5) is 0 Å². The molecule has 3 fully saturated rings. The summed E-state index contributed by atoms with van der Waals surface area (Å²) in [5, 5.41) is 16.4. The third kappa shape index (κ3) is 2.70. The topological polar surface area (TPSA) is 78.6 Å². The van der Waals surface area contributed by atoms with Gasteiger partial charge in [0, 0.05) is 49.7 Å². The largest absolute Gasteiger partial charge is 0.396 e. The van der Waals surface area contributed by atoms with Gasteiger partial charge in [-0.2, -0.15) is 0 Å². The molecule has 6 nitrogen and oxygen atoms in total. The Bertz CT molecular complexity index is 536. The minimum Gasteiger partial charge on any atom is -0.396 e. The van der Waals surface area contributed by atoms with Gasteiger partial charge in [0.15, 0.2) is 5.69 Å². The third-order valence-electron chi connectivity index (χ3n) is 4.82. The predicted molar refractivity (Wildman–Crippen MR) is 74.9 cm³/mol. The average molecular weight is 291 g/mol. The van der Waals surface area contributed by atoms with Crippen molar-refractivity contribution in [1.29, 1.82) is 0 Å². The fraction of sp³-hybridized carbons (Fsp3) is 0.733. The Morgan fingerprint density at radius 2 is 2.19 bits per heavy atom. The predicted octanol–water partition coefficient (Wildman–Crippen LogP) is 0.737. The fourth-order valence-corrected chi connectivity index (χ4v) is 3.19. The lowest BCUT2D eigenvalue weighted by Gasteiger charge is -2.17. The summed E-state index contributed by atoms with van der Waals surface area (Å²) in [4.78, 5) is 14.7. The Kier molecular flexibility index (Phi) is 3.23. The van der Waals surface area contributed by atoms with E-state index in [9.17, 15) is 9.90 Å². The van der Waals surface area contributed by atoms with Crippen molar-refractivity contribution >= 4 is 5.91 Å². The van der Waals surface area contributed by atoms with Crippen LogP contribution in [0.15, 0.2) is 10.6 Å². The van der Waals surface area contributed by atoms with Crippen LogP contribution < -0.4 is 5.32 Å². The van der Waals surface area contributed by atoms with Gasteiger partial charge < -0.3 is 14.9 Å². The zero-order valence-corrected chi connectivity index (χ0v) is 12.0. The smallest absolute Gasteiger partial charge is 0.273 e. The lowest BCUT2D eigenvalue weighted by atomic mass is 10.1. The molecule has 1 aromatic rings. The number of aromatic nitrogens is 1. The van der Waals surface area contributed by atoms with Crippen molar-refractivity contribution in [2.24, 2.45) is 5.92 Å². The number of hydrogen-bond acceptors (Lipinski definition) is 5. The van der Waals surface area contributed by atoms with Gasteiger partial charge >= 0.3 is 0 Å². The van der Waals surface area contributed by atoms with E-state index >= 15 is 0 Å². The first kappa shape index (κ1) is 13.3. The molecule has 0 bridgehead atoms. The van der Waals surface area contributed by atoms with Crippen LogP contribution >= 0.6 is 0 Å². The first-order valence-electron chi connectivity index (χ1n) is 7.87. The molecule has 0 radical (unpaired) electrons. The zero-order chi connectivity index (χ0) is 14.4. The molecule has 2 saturated carbocycles. The van der Waals surface area contributed by atoms with Gasteiger partial charge in [0.1, 0.15) is 5.76 Å². The van der Waals surface area contributed by atoms with E-state index in [0.717, 1.165) is 31.7 Å². The van der Waals surface area contributed by atoms with Crippen LogP contribution in [-0.4, -0.2) is 52.9 Å². The Balaban J connectivity index is 1.40. The number of rotatable bonds is 5. The first-order chi connectivity index (χ1) is 10.2. The fourth-order valence-electron chi connectivity index (χ4n) is 3.19. The highest BCUT2D eigenvalue weighted by atomic mass is 16.5. The van der Waals surface area contributed by atoms with Crippen LogP contribution in [0.25, 0.3) is 0 Å². The standard InChI is InChI=1S/C15H21N3O3/c19-8-10-6-18(11-3-4-11)7-13(10)16-15(20)12-5-14(21-17-12)9-1-2-9/h5,9-11,13,19H,1-4,6-8H2,(H,16,20)/t10-,13-/m0/s1. The summed E-state index contributed by atoms with van der Waals surface area (Å²) in [5.74, 6) is 1.21. The van der Waals surface area contributed by atoms with E-state index in [1.165, 1.54) is 12.8 Å². The third-order valence-corrected chi connectivity index (χ3v) is 4.82. The Labute approximate surface area is 123 Å². The van der Waals surface area contributed by atoms with Crippen LogP contribution in [0.3, 0.4) is 0 Å². The molecule has 0 aromatic carbocycles. The van der Waals surface area contributed by atoms with Crippen LogP contribution in [0.1, 0.15) is 47.8 Å². The number of likely N-dealkylation sites (tertiary alicyclic amines) is 1. The maximum atomic E-state index is 12.3. The Morgan fingerprint density at radius 1 is 1.38 bits per heavy atom. The van der Waals surface area contributed by atoms with Crippen molar-refractivity contribution in [3.05, 3.63) is 17.5 Å². The number of aliphatic hydroxyl groups excluding tert-OH is 1. The van der Waals surface area contributed by atoms with E-state index in [1.54, 1.807) is 6.07 Å². The molecule has 114 valence electrons. The molecule has 2 heterocycles. The van der Waals surface area contributed by atoms with E-state index in [-0.39, 0.29) is 24.5 Å². The number of amides is 1. The lowest BCUT2D eigenvalue weighted by Crippen LogP contribution is -2.41. The summed E-state index contributed by atoms with van der Waals surface area (Å²) in [6, 6.07) is 2.42. The number of carbonyl (C=O) groups excluding carboxylic acids is 1. The van der Waals surface area contributed by atoms with E-state index in [0.29, 0.717) is 17.7 Å². The van der Waals surface area contributed by atoms with Crippen LogP contribution in [0.5, 0.6) is 0 Å². The van der Waals surface area contributed by atoms with Crippen molar-refractivity contribution in [3.63, 3.8) is 0 Å². The molecule has 0 spiro atoms. The molecule has 1 aromatic heterocycles. The minimum atomic E-state index is -0.188. The molecule has 3 aliphatic rings. The van der Waals surface area contributed by atoms with E-state index < -0.39 is 0 Å². The second-order valence-corrected chi connectivity index (χ2v) is 6.60. The van der Waals surface area contributed by atoms with Crippen LogP contribution in [0.2, 0.25) is 0 Å². The van der Waals surface area contributed by atoms with Gasteiger partial charge in [0.05, 0.1) is 0 Å². The molecule has 1 saturated heterocycles. The first-order valence-corrected chi connectivity index (χ1v) is 7.87. The molecule has 6 heteroatoms. The van der Waals surface area contributed by atoms with Crippen LogP contribution in [0, 0.1) is 5.92 Å². The van der Waals surface area contributed by atoms with E-state index in [1.807, 2.05) is 0 Å². The number of nitrogens with one attached hydrogen (secondary N) is 1. The summed E-state index contributed by atoms with van der Waals surface area (Å²) in [5.41, 5.74) is 0.360. The van der Waals surface area contributed by atoms with Gasteiger partial charge in [0.2, 0.25) is 0 Å². The van der Waals surface area contributed by atoms with Gasteiger partial charge in [-0.3, -0.25) is 9.69 Å². The highest BCUT2D eigenvalue weighted by molar-refractivity contribution is 5.92. The quantitative estimate of drug-likeness (QED) is 0.836. The Morgan fingerprint density at radius 3 is 2.86 bits per heavy atom. The van der Waals surface area contributed by atoms with Crippen molar-refractivity contribution in [2.45, 2.75) is 43.7 Å². The summed E-state index contributed by atoms with van der Waals surface area (Å²) < 4.78 is 5.23. The van der Waals surface area contributed by atoms with Crippen molar-refractivity contribution in [2.75, 3.05) is 19.7 Å². The molecule has 0 unspecified atom stereocenters. The van der Waals surface area contributed by atoms with Crippen molar-refractivity contribution < 1.29 is 14.4 Å². The summed E-state index contributed by atoms with van der Waals surface area (Å²) in [6.45, 7) is 1.81. The minimum absolute atomic E-state index is 0.00387. The van der Waals surface area contributed by atoms with Gasteiger partial charge in [-0.05, 0) is 25.7 Å². The molecule has 2 aliphatic carbocycles. The van der Waals surface area contributed by atoms with Crippen LogP contribution in [-0.2, 0) is 0 Å². The van der Waals surface area contributed by atoms with Gasteiger partial charge in [-0.1, -0.05) is 5.16 Å². The summed E-state index contributed by atoms with van der Waals surface area (Å²) in [6.07, 6.45) is 4.74. The number of hydrogen-bond donors (Lipinski definition) is 2. The highest BCUT2D eigenvalue weighted by Gasteiger charge is 2.40. The molecule has 2 N–H and O–H groups in total. The highest BCUT2D eigenvalue weighted by Crippen LogP contribution is 2.40. The monoisotopic (exact) mass is 291 g/mol. The number of aliphatic hydroxyl groups is 1. The zero-order valence-electron chi connectivity index (χ0n) is 12.0. The maximum Gasteiger partial charge on any atom is 0.273 e. The average Bonchev–Trinajstić information content (AvgIpc) is 3.42. The van der Waals surface area contributed by atoms with Crippen molar-refractivity contribution in [3.8, 4) is 0 Å². The molecule has 1 aliphatic heterocycles. The molecular weight excluding hydrogens is 270 g/mol. The molecule has 2 atom stereocenters. The summed E-state index contributed by atoms with van der Waals surface area (Å²) in [7, 11) is 0. The molecule has 4 rings (SSSR count). The maximum absolute atomic E-state index is 12.3. The van der Waals surface area contributed by atoms with Gasteiger partial charge in [-0.25, -0.2) is 0 Å². The SMILES string of the molecule is O=C(N[C@H]1CN(C2CC2)C[C@H]1CO)c1cc(C2CC2)on1. The summed E-state index contributed by atoms with van der Waals surface area (Å²) >= 11 is 0. The van der Waals surface area contributed by atoms with Gasteiger partial charge in [-0.15, -0.1) is 0 Å². The molecule has 21 heavy (non-hydrogen) atoms. The lowest BCUT2D eigenvalue weighted by molar-refractivity contribution is 0.0912. The second kappa shape index (κ2) is 5.10. The molecular formula is C15H21N3O3. The van der Waals surface area contributed by atoms with E-state index in [2.05, 4.69) is 15.4 Å². The number of nitrogens with zero attached hydrogens (tertiary/aromatic N) is 2.